The van der Waals surface area contributed by atoms with Gasteiger partial charge in [-0.05, 0) is 118 Å². The highest BCUT2D eigenvalue weighted by atomic mass is 15.0. The maximum absolute atomic E-state index is 5.16. The van der Waals surface area contributed by atoms with E-state index in [-0.39, 0.29) is 0 Å². The Morgan fingerprint density at radius 1 is 0.189 bits per heavy atom. The molecule has 74 heavy (non-hydrogen) atoms. The summed E-state index contributed by atoms with van der Waals surface area (Å²) < 4.78 is 4.81. The van der Waals surface area contributed by atoms with E-state index in [2.05, 4.69) is 276 Å². The first-order chi connectivity index (χ1) is 36.7. The number of hydrogen-bond donors (Lipinski definition) is 0. The molecule has 0 radical (unpaired) electrons. The van der Waals surface area contributed by atoms with E-state index in [1.807, 2.05) is 12.1 Å². The van der Waals surface area contributed by atoms with Crippen molar-refractivity contribution < 1.29 is 0 Å². The molecule has 0 aliphatic heterocycles. The molecular formula is C70H46N4. The Morgan fingerprint density at radius 2 is 0.527 bits per heavy atom. The largest absolute Gasteiger partial charge is 0.309 e. The lowest BCUT2D eigenvalue weighted by Gasteiger charge is -2.13. The Morgan fingerprint density at radius 3 is 0.973 bits per heavy atom. The highest BCUT2D eigenvalue weighted by molar-refractivity contribution is 6.13. The van der Waals surface area contributed by atoms with E-state index in [0.717, 1.165) is 84.2 Å². The fraction of sp³-hybridized carbons (Fsp3) is 0. The van der Waals surface area contributed by atoms with Crippen molar-refractivity contribution >= 4 is 43.6 Å². The van der Waals surface area contributed by atoms with Crippen LogP contribution >= 0.6 is 0 Å². The Hall–Kier alpha value is -9.90. The SMILES string of the molecule is c1ccc(-c2cc(-c3ccc(-n4c5ccccc5c5cc(-c6ccc7c(c6)c6ccccc6n7-c6cccc(-c7cc(-c8ccccc8)nc(-c8ccccc8)c7)c6)ccc54)cc3)cc(-c3ccccc3)n2)cc1. The molecule has 0 fully saturated rings. The highest BCUT2D eigenvalue weighted by Crippen LogP contribution is 2.40. The van der Waals surface area contributed by atoms with Gasteiger partial charge in [-0.1, -0.05) is 194 Å². The van der Waals surface area contributed by atoms with E-state index >= 15 is 0 Å². The number of nitrogens with zero attached hydrogens (tertiary/aromatic N) is 4. The zero-order valence-electron chi connectivity index (χ0n) is 40.3. The molecule has 4 heteroatoms. The summed E-state index contributed by atoms with van der Waals surface area (Å²) in [5.74, 6) is 0. The molecule has 0 amide bonds. The topological polar surface area (TPSA) is 35.6 Å². The van der Waals surface area contributed by atoms with E-state index in [1.165, 1.54) is 49.2 Å². The smallest absolute Gasteiger partial charge is 0.0715 e. The molecule has 346 valence electrons. The van der Waals surface area contributed by atoms with Crippen LogP contribution < -0.4 is 0 Å². The standard InChI is InChI=1S/C70H46N4/c1-5-18-48(19-6-1)63-43-55(44-64(71-63)49-20-7-2-8-21-49)47-32-36-57(37-33-47)73-67-30-15-13-28-59(67)61-41-53(34-38-69(61)73)54-35-39-70-62(42-54)60-29-14-16-31-68(60)74(70)58-27-17-26-52(40-58)56-45-65(50-22-9-3-10-23-50)72-66(46-56)51-24-11-4-12-25-51/h1-46H. The van der Waals surface area contributed by atoms with Gasteiger partial charge < -0.3 is 9.13 Å². The maximum atomic E-state index is 5.16. The van der Waals surface area contributed by atoms with Crippen molar-refractivity contribution in [2.45, 2.75) is 0 Å². The molecule has 0 bridgehead atoms. The molecule has 0 aliphatic rings. The predicted octanol–water partition coefficient (Wildman–Crippen LogP) is 18.3. The summed E-state index contributed by atoms with van der Waals surface area (Å²) in [6, 6.07) is 100. The Bertz CT molecular complexity index is 4270. The molecule has 0 spiro atoms. The van der Waals surface area contributed by atoms with Gasteiger partial charge in [-0.3, -0.25) is 0 Å². The minimum Gasteiger partial charge on any atom is -0.309 e. The lowest BCUT2D eigenvalue weighted by atomic mass is 9.99. The van der Waals surface area contributed by atoms with Crippen LogP contribution in [0.1, 0.15) is 0 Å². The van der Waals surface area contributed by atoms with Crippen LogP contribution in [0.15, 0.2) is 279 Å². The van der Waals surface area contributed by atoms with Crippen LogP contribution in [0.25, 0.3) is 133 Å². The van der Waals surface area contributed by atoms with Crippen LogP contribution in [0.5, 0.6) is 0 Å². The van der Waals surface area contributed by atoms with Crippen LogP contribution in [0.3, 0.4) is 0 Å². The lowest BCUT2D eigenvalue weighted by Crippen LogP contribution is -1.95. The third-order valence-electron chi connectivity index (χ3n) is 14.5. The number of fused-ring (bicyclic) bond motifs is 6. The van der Waals surface area contributed by atoms with E-state index in [4.69, 9.17) is 9.97 Å². The van der Waals surface area contributed by atoms with Crippen molar-refractivity contribution in [1.82, 2.24) is 19.1 Å². The quantitative estimate of drug-likeness (QED) is 0.145. The van der Waals surface area contributed by atoms with E-state index < -0.39 is 0 Å². The predicted molar refractivity (Wildman–Crippen MR) is 309 cm³/mol. The molecule has 4 heterocycles. The van der Waals surface area contributed by atoms with Crippen molar-refractivity contribution in [3.63, 3.8) is 0 Å². The van der Waals surface area contributed by atoms with Crippen LogP contribution in [-0.2, 0) is 0 Å². The van der Waals surface area contributed by atoms with Gasteiger partial charge in [0.25, 0.3) is 0 Å². The zero-order chi connectivity index (χ0) is 49.0. The fourth-order valence-corrected chi connectivity index (χ4v) is 10.9. The summed E-state index contributed by atoms with van der Waals surface area (Å²) in [6.07, 6.45) is 0. The van der Waals surface area contributed by atoms with E-state index in [0.29, 0.717) is 0 Å². The summed E-state index contributed by atoms with van der Waals surface area (Å²) >= 11 is 0. The number of para-hydroxylation sites is 2. The van der Waals surface area contributed by atoms with E-state index in [1.54, 1.807) is 0 Å². The number of aromatic nitrogens is 4. The number of hydrogen-bond acceptors (Lipinski definition) is 2. The summed E-state index contributed by atoms with van der Waals surface area (Å²) in [4.78, 5) is 10.3. The minimum absolute atomic E-state index is 0.950. The van der Waals surface area contributed by atoms with Crippen LogP contribution in [-0.4, -0.2) is 19.1 Å². The van der Waals surface area contributed by atoms with Gasteiger partial charge in [0.2, 0.25) is 0 Å². The first-order valence-corrected chi connectivity index (χ1v) is 25.2. The summed E-state index contributed by atoms with van der Waals surface area (Å²) in [6.45, 7) is 0. The number of rotatable bonds is 9. The molecule has 14 rings (SSSR count). The Balaban J connectivity index is 0.835. The third kappa shape index (κ3) is 7.65. The molecule has 0 saturated heterocycles. The average Bonchev–Trinajstić information content (AvgIpc) is 4.00. The van der Waals surface area contributed by atoms with Gasteiger partial charge in [-0.25, -0.2) is 9.97 Å². The molecule has 0 aliphatic carbocycles. The van der Waals surface area contributed by atoms with Crippen molar-refractivity contribution in [3.8, 4) is 89.8 Å². The van der Waals surface area contributed by atoms with Crippen molar-refractivity contribution in [1.29, 1.82) is 0 Å². The van der Waals surface area contributed by atoms with Gasteiger partial charge in [0, 0.05) is 55.2 Å². The Kier molecular flexibility index (Phi) is 10.5. The van der Waals surface area contributed by atoms with Crippen molar-refractivity contribution in [3.05, 3.63) is 279 Å². The fourth-order valence-electron chi connectivity index (χ4n) is 10.9. The van der Waals surface area contributed by atoms with Crippen LogP contribution in [0.2, 0.25) is 0 Å². The molecule has 0 unspecified atom stereocenters. The van der Waals surface area contributed by atoms with Gasteiger partial charge in [0.1, 0.15) is 0 Å². The summed E-state index contributed by atoms with van der Waals surface area (Å²) in [5, 5.41) is 4.88. The molecule has 0 N–H and O–H groups in total. The normalized spacial score (nSPS) is 11.5. The molecular weight excluding hydrogens is 897 g/mol. The lowest BCUT2D eigenvalue weighted by molar-refractivity contribution is 1.18. The third-order valence-corrected chi connectivity index (χ3v) is 14.5. The molecule has 0 saturated carbocycles. The molecule has 14 aromatic rings. The monoisotopic (exact) mass is 942 g/mol. The average molecular weight is 943 g/mol. The van der Waals surface area contributed by atoms with Gasteiger partial charge in [-0.15, -0.1) is 0 Å². The number of benzene rings is 10. The maximum Gasteiger partial charge on any atom is 0.0715 e. The number of pyridine rings is 2. The zero-order valence-corrected chi connectivity index (χ0v) is 40.3. The minimum atomic E-state index is 0.950. The summed E-state index contributed by atoms with van der Waals surface area (Å²) in [5.41, 5.74) is 22.0. The van der Waals surface area contributed by atoms with Crippen molar-refractivity contribution in [2.75, 3.05) is 0 Å². The van der Waals surface area contributed by atoms with Gasteiger partial charge in [0.05, 0.1) is 44.8 Å². The molecule has 10 aromatic carbocycles. The second-order valence-corrected chi connectivity index (χ2v) is 19.0. The van der Waals surface area contributed by atoms with Crippen molar-refractivity contribution in [2.24, 2.45) is 0 Å². The van der Waals surface area contributed by atoms with Crippen LogP contribution in [0.4, 0.5) is 0 Å². The first kappa shape index (κ1) is 42.9. The second kappa shape index (κ2) is 18.1. The van der Waals surface area contributed by atoms with Gasteiger partial charge in [-0.2, -0.15) is 0 Å². The first-order valence-electron chi connectivity index (χ1n) is 25.2. The highest BCUT2D eigenvalue weighted by Gasteiger charge is 2.18. The molecule has 4 nitrogen and oxygen atoms in total. The molecule has 4 aromatic heterocycles. The Labute approximate surface area is 429 Å². The van der Waals surface area contributed by atoms with Gasteiger partial charge in [0.15, 0.2) is 0 Å². The second-order valence-electron chi connectivity index (χ2n) is 19.0. The van der Waals surface area contributed by atoms with Crippen LogP contribution in [0, 0.1) is 0 Å². The van der Waals surface area contributed by atoms with E-state index in [9.17, 15) is 0 Å². The molecule has 0 atom stereocenters. The van der Waals surface area contributed by atoms with Gasteiger partial charge >= 0.3 is 0 Å². The summed E-state index contributed by atoms with van der Waals surface area (Å²) in [7, 11) is 0.